The molecule has 1 rings (SSSR count). The molecular weight excluding hydrogens is 344 g/mol. The Kier molecular flexibility index (Phi) is 13.9. The van der Waals surface area contributed by atoms with Gasteiger partial charge in [0.15, 0.2) is 6.61 Å². The fourth-order valence-electron chi connectivity index (χ4n) is 3.38. The minimum atomic E-state index is -0.871. The van der Waals surface area contributed by atoms with Gasteiger partial charge in [0.05, 0.1) is 5.92 Å². The van der Waals surface area contributed by atoms with Gasteiger partial charge in [0.2, 0.25) is 0 Å². The van der Waals surface area contributed by atoms with E-state index in [0.29, 0.717) is 0 Å². The van der Waals surface area contributed by atoms with Crippen LogP contribution in [-0.2, 0) is 19.0 Å². The van der Waals surface area contributed by atoms with E-state index in [1.54, 1.807) is 0 Å². The minimum absolute atomic E-state index is 0.00382. The van der Waals surface area contributed by atoms with Gasteiger partial charge >= 0.3 is 12.1 Å². The Morgan fingerprint density at radius 2 is 1.41 bits per heavy atom. The molecule has 2 atom stereocenters. The molecule has 2 unspecified atom stereocenters. The zero-order chi connectivity index (χ0) is 19.7. The fraction of sp³-hybridized carbons (Fsp3) is 0.909. The van der Waals surface area contributed by atoms with Gasteiger partial charge in [-0.1, -0.05) is 104 Å². The Bertz CT molecular complexity index is 396. The first-order chi connectivity index (χ1) is 13.1. The predicted octanol–water partition coefficient (Wildman–Crippen LogP) is 6.53. The smallest absolute Gasteiger partial charge is 0.426 e. The zero-order valence-corrected chi connectivity index (χ0v) is 17.5. The number of ether oxygens (including phenoxy) is 3. The monoisotopic (exact) mass is 384 g/mol. The molecule has 0 amide bonds. The number of carbonyl (C=O) groups is 2. The number of esters is 1. The molecule has 1 aliphatic heterocycles. The third kappa shape index (κ3) is 12.7. The van der Waals surface area contributed by atoms with Crippen LogP contribution in [0.15, 0.2) is 0 Å². The zero-order valence-electron chi connectivity index (χ0n) is 17.5. The van der Waals surface area contributed by atoms with Crippen molar-refractivity contribution >= 4 is 12.1 Å². The molecule has 158 valence electrons. The second-order valence-corrected chi connectivity index (χ2v) is 7.83. The van der Waals surface area contributed by atoms with Crippen LogP contribution in [0.3, 0.4) is 0 Å². The van der Waals surface area contributed by atoms with Gasteiger partial charge in [0.1, 0.15) is 0 Å². The van der Waals surface area contributed by atoms with Gasteiger partial charge in [-0.15, -0.1) is 0 Å². The molecule has 1 aliphatic rings. The van der Waals surface area contributed by atoms with Gasteiger partial charge in [-0.25, -0.2) is 4.79 Å². The first-order valence-corrected chi connectivity index (χ1v) is 11.2. The Hall–Kier alpha value is -1.26. The Labute approximate surface area is 165 Å². The van der Waals surface area contributed by atoms with E-state index in [2.05, 4.69) is 11.7 Å². The lowest BCUT2D eigenvalue weighted by molar-refractivity contribution is -0.167. The van der Waals surface area contributed by atoms with Crippen molar-refractivity contribution in [3.05, 3.63) is 0 Å². The maximum atomic E-state index is 11.9. The van der Waals surface area contributed by atoms with E-state index in [4.69, 9.17) is 9.47 Å². The van der Waals surface area contributed by atoms with Crippen molar-refractivity contribution in [2.45, 2.75) is 116 Å². The maximum Gasteiger partial charge on any atom is 0.511 e. The summed E-state index contributed by atoms with van der Waals surface area (Å²) in [6, 6.07) is 0. The molecule has 5 heteroatoms. The fourth-order valence-corrected chi connectivity index (χ4v) is 3.38. The summed E-state index contributed by atoms with van der Waals surface area (Å²) in [6.07, 6.45) is 17.8. The van der Waals surface area contributed by atoms with Crippen molar-refractivity contribution in [2.24, 2.45) is 5.92 Å². The number of carbonyl (C=O) groups excluding carboxylic acids is 2. The summed E-state index contributed by atoms with van der Waals surface area (Å²) in [6.45, 7) is 4.12. The van der Waals surface area contributed by atoms with Crippen molar-refractivity contribution < 1.29 is 23.8 Å². The Morgan fingerprint density at radius 3 is 1.85 bits per heavy atom. The van der Waals surface area contributed by atoms with E-state index in [9.17, 15) is 9.59 Å². The van der Waals surface area contributed by atoms with Gasteiger partial charge < -0.3 is 14.2 Å². The van der Waals surface area contributed by atoms with Crippen molar-refractivity contribution in [1.82, 2.24) is 0 Å². The second kappa shape index (κ2) is 15.8. The summed E-state index contributed by atoms with van der Waals surface area (Å²) in [5.74, 6) is -0.477. The van der Waals surface area contributed by atoms with Gasteiger partial charge in [-0.05, 0) is 6.42 Å². The van der Waals surface area contributed by atoms with Crippen LogP contribution < -0.4 is 0 Å². The lowest BCUT2D eigenvalue weighted by Gasteiger charge is -2.13. The molecule has 1 heterocycles. The molecule has 0 N–H and O–H groups in total. The van der Waals surface area contributed by atoms with Crippen LogP contribution in [0.5, 0.6) is 0 Å². The summed E-state index contributed by atoms with van der Waals surface area (Å²) in [5.41, 5.74) is 0. The summed E-state index contributed by atoms with van der Waals surface area (Å²) in [4.78, 5) is 22.7. The average Bonchev–Trinajstić information content (AvgIpc) is 3.06. The second-order valence-electron chi connectivity index (χ2n) is 7.83. The third-order valence-electron chi connectivity index (χ3n) is 5.21. The standard InChI is InChI=1S/C22H40O5/c1-3-4-5-6-7-8-9-10-11-12-13-14-15-16-17-19(2)21(23)26-20-18-25-22(24)27-20/h19-20H,3-18H2,1-2H3. The van der Waals surface area contributed by atoms with E-state index < -0.39 is 12.4 Å². The SMILES string of the molecule is CCCCCCCCCCCCCCCCC(C)C(=O)OC1COC(=O)O1. The Balaban J connectivity index is 1.82. The van der Waals surface area contributed by atoms with Crippen molar-refractivity contribution in [3.8, 4) is 0 Å². The molecule has 1 saturated heterocycles. The van der Waals surface area contributed by atoms with E-state index in [0.717, 1.165) is 19.3 Å². The highest BCUT2D eigenvalue weighted by molar-refractivity contribution is 5.72. The van der Waals surface area contributed by atoms with E-state index >= 15 is 0 Å². The molecule has 27 heavy (non-hydrogen) atoms. The maximum absolute atomic E-state index is 11.9. The molecule has 0 aromatic heterocycles. The number of hydrogen-bond donors (Lipinski definition) is 0. The van der Waals surface area contributed by atoms with Crippen LogP contribution in [-0.4, -0.2) is 25.0 Å². The topological polar surface area (TPSA) is 61.8 Å². The Morgan fingerprint density at radius 1 is 0.926 bits per heavy atom. The highest BCUT2D eigenvalue weighted by Crippen LogP contribution is 2.17. The summed E-state index contributed by atoms with van der Waals surface area (Å²) < 4.78 is 14.4. The number of unbranched alkanes of at least 4 members (excludes halogenated alkanes) is 13. The van der Waals surface area contributed by atoms with Crippen LogP contribution in [0, 0.1) is 5.92 Å². The summed E-state index contributed by atoms with van der Waals surface area (Å²) in [7, 11) is 0. The molecule has 0 spiro atoms. The van der Waals surface area contributed by atoms with Crippen LogP contribution in [0.4, 0.5) is 4.79 Å². The molecule has 0 bridgehead atoms. The first-order valence-electron chi connectivity index (χ1n) is 11.2. The van der Waals surface area contributed by atoms with E-state index in [1.165, 1.54) is 77.0 Å². The molecule has 0 aromatic rings. The van der Waals surface area contributed by atoms with Gasteiger partial charge in [0, 0.05) is 0 Å². The summed E-state index contributed by atoms with van der Waals surface area (Å²) >= 11 is 0. The number of hydrogen-bond acceptors (Lipinski definition) is 5. The molecule has 0 saturated carbocycles. The lowest BCUT2D eigenvalue weighted by atomic mass is 10.0. The van der Waals surface area contributed by atoms with Crippen LogP contribution in [0.2, 0.25) is 0 Å². The third-order valence-corrected chi connectivity index (χ3v) is 5.21. The highest BCUT2D eigenvalue weighted by atomic mass is 16.8. The largest absolute Gasteiger partial charge is 0.511 e. The lowest BCUT2D eigenvalue weighted by Crippen LogP contribution is -2.24. The molecule has 0 aliphatic carbocycles. The average molecular weight is 385 g/mol. The van der Waals surface area contributed by atoms with Gasteiger partial charge in [0.25, 0.3) is 6.29 Å². The normalized spacial score (nSPS) is 17.4. The van der Waals surface area contributed by atoms with Crippen LogP contribution in [0.25, 0.3) is 0 Å². The van der Waals surface area contributed by atoms with E-state index in [-0.39, 0.29) is 18.5 Å². The molecular formula is C22H40O5. The van der Waals surface area contributed by atoms with Crippen LogP contribution in [0.1, 0.15) is 110 Å². The van der Waals surface area contributed by atoms with Crippen LogP contribution >= 0.6 is 0 Å². The number of rotatable bonds is 17. The molecule has 0 aromatic carbocycles. The molecule has 5 nitrogen and oxygen atoms in total. The highest BCUT2D eigenvalue weighted by Gasteiger charge is 2.29. The summed E-state index contributed by atoms with van der Waals surface area (Å²) in [5, 5.41) is 0. The molecule has 1 fully saturated rings. The quantitative estimate of drug-likeness (QED) is 0.211. The van der Waals surface area contributed by atoms with Gasteiger partial charge in [-0.3, -0.25) is 4.79 Å². The predicted molar refractivity (Wildman–Crippen MR) is 106 cm³/mol. The van der Waals surface area contributed by atoms with Gasteiger partial charge in [-0.2, -0.15) is 0 Å². The first kappa shape index (κ1) is 23.8. The van der Waals surface area contributed by atoms with Crippen molar-refractivity contribution in [2.75, 3.05) is 6.61 Å². The number of cyclic esters (lactones) is 2. The van der Waals surface area contributed by atoms with E-state index in [1.807, 2.05) is 6.92 Å². The van der Waals surface area contributed by atoms with Crippen molar-refractivity contribution in [3.63, 3.8) is 0 Å². The van der Waals surface area contributed by atoms with Crippen molar-refractivity contribution in [1.29, 1.82) is 0 Å². The molecule has 0 radical (unpaired) electrons. The minimum Gasteiger partial charge on any atom is -0.426 e.